The Labute approximate surface area is 140 Å². The van der Waals surface area contributed by atoms with Crippen LogP contribution < -0.4 is 0 Å². The average molecular weight is 379 g/mol. The molecule has 0 aromatic carbocycles. The number of nitrogens with zero attached hydrogens (tertiary/aromatic N) is 2. The Kier molecular flexibility index (Phi) is 14.1. The van der Waals surface area contributed by atoms with Crippen molar-refractivity contribution in [2.75, 3.05) is 65.0 Å². The third-order valence-electron chi connectivity index (χ3n) is 2.81. The molecule has 0 saturated carbocycles. The van der Waals surface area contributed by atoms with Crippen molar-refractivity contribution >= 4 is 20.2 Å². The SMILES string of the molecule is CC.COCCN(CCN(C)CCS(=O)(=O)O)CCS(=O)(=O)O. The highest BCUT2D eigenvalue weighted by molar-refractivity contribution is 7.86. The first-order valence-electron chi connectivity index (χ1n) is 7.33. The lowest BCUT2D eigenvalue weighted by Crippen LogP contribution is -2.39. The molecule has 0 spiro atoms. The molecule has 0 aliphatic rings. The van der Waals surface area contributed by atoms with E-state index < -0.39 is 20.2 Å². The summed E-state index contributed by atoms with van der Waals surface area (Å²) in [4.78, 5) is 3.50. The van der Waals surface area contributed by atoms with Crippen LogP contribution in [0.3, 0.4) is 0 Å². The molecule has 0 aliphatic carbocycles. The van der Waals surface area contributed by atoms with E-state index >= 15 is 0 Å². The molecule has 0 heterocycles. The van der Waals surface area contributed by atoms with Crippen molar-refractivity contribution in [2.45, 2.75) is 13.8 Å². The summed E-state index contributed by atoms with van der Waals surface area (Å²) in [5.74, 6) is -0.724. The van der Waals surface area contributed by atoms with Crippen LogP contribution >= 0.6 is 0 Å². The van der Waals surface area contributed by atoms with Crippen LogP contribution in [0, 0.1) is 0 Å². The summed E-state index contributed by atoms with van der Waals surface area (Å²) in [6, 6.07) is 0. The van der Waals surface area contributed by atoms with Crippen molar-refractivity contribution in [1.29, 1.82) is 0 Å². The molecule has 0 amide bonds. The van der Waals surface area contributed by atoms with Gasteiger partial charge in [0.15, 0.2) is 0 Å². The van der Waals surface area contributed by atoms with Gasteiger partial charge in [-0.3, -0.25) is 14.0 Å². The van der Waals surface area contributed by atoms with E-state index in [9.17, 15) is 16.8 Å². The van der Waals surface area contributed by atoms with Crippen molar-refractivity contribution in [2.24, 2.45) is 0 Å². The first kappa shape index (κ1) is 24.9. The minimum absolute atomic E-state index is 0.161. The molecule has 0 aromatic heterocycles. The smallest absolute Gasteiger partial charge is 0.266 e. The lowest BCUT2D eigenvalue weighted by atomic mass is 10.4. The topological polar surface area (TPSA) is 124 Å². The number of hydrogen-bond donors (Lipinski definition) is 2. The largest absolute Gasteiger partial charge is 0.383 e. The summed E-state index contributed by atoms with van der Waals surface area (Å²) in [5, 5.41) is 0. The minimum Gasteiger partial charge on any atom is -0.383 e. The maximum Gasteiger partial charge on any atom is 0.266 e. The molecule has 0 radical (unpaired) electrons. The Bertz CT molecular complexity index is 480. The molecule has 0 fully saturated rings. The Hall–Kier alpha value is -0.300. The second-order valence-corrected chi connectivity index (χ2v) is 7.85. The molecule has 0 bridgehead atoms. The average Bonchev–Trinajstić information content (AvgIpc) is 2.44. The molecule has 2 N–H and O–H groups in total. The summed E-state index contributed by atoms with van der Waals surface area (Å²) >= 11 is 0. The lowest BCUT2D eigenvalue weighted by molar-refractivity contribution is 0.144. The Morgan fingerprint density at radius 3 is 1.74 bits per heavy atom. The van der Waals surface area contributed by atoms with E-state index in [1.165, 1.54) is 7.11 Å². The van der Waals surface area contributed by atoms with E-state index in [0.717, 1.165) is 0 Å². The van der Waals surface area contributed by atoms with E-state index in [-0.39, 0.29) is 24.6 Å². The zero-order valence-corrected chi connectivity index (χ0v) is 15.9. The van der Waals surface area contributed by atoms with Gasteiger partial charge in [-0.05, 0) is 7.05 Å². The first-order chi connectivity index (χ1) is 10.5. The molecular weight excluding hydrogens is 348 g/mol. The van der Waals surface area contributed by atoms with Crippen molar-refractivity contribution < 1.29 is 30.7 Å². The van der Waals surface area contributed by atoms with Crippen LogP contribution in [0.1, 0.15) is 13.8 Å². The van der Waals surface area contributed by atoms with Crippen molar-refractivity contribution in [3.8, 4) is 0 Å². The number of likely N-dealkylation sites (N-methyl/N-ethyl adjacent to an activating group) is 1. The molecule has 11 heteroatoms. The molecule has 23 heavy (non-hydrogen) atoms. The summed E-state index contributed by atoms with van der Waals surface area (Å²) in [7, 11) is -4.79. The maximum atomic E-state index is 10.8. The third-order valence-corrected chi connectivity index (χ3v) is 4.20. The molecule has 0 unspecified atom stereocenters. The predicted octanol–water partition coefficient (Wildman–Crippen LogP) is -0.332. The lowest BCUT2D eigenvalue weighted by Gasteiger charge is -2.24. The normalized spacial score (nSPS) is 12.3. The molecule has 0 aromatic rings. The van der Waals surface area contributed by atoms with Crippen molar-refractivity contribution in [3.05, 3.63) is 0 Å². The Morgan fingerprint density at radius 2 is 1.30 bits per heavy atom. The fraction of sp³-hybridized carbons (Fsp3) is 1.00. The Balaban J connectivity index is 0. The van der Waals surface area contributed by atoms with Crippen LogP contribution in [0.25, 0.3) is 0 Å². The van der Waals surface area contributed by atoms with Gasteiger partial charge in [0.2, 0.25) is 0 Å². The van der Waals surface area contributed by atoms with Crippen LogP contribution in [-0.2, 0) is 25.0 Å². The molecular formula is C12H30N2O7S2. The number of methoxy groups -OCH3 is 1. The summed E-state index contributed by atoms with van der Waals surface area (Å²) in [6.45, 7) is 6.23. The predicted molar refractivity (Wildman–Crippen MR) is 90.0 cm³/mol. The van der Waals surface area contributed by atoms with E-state index in [0.29, 0.717) is 26.2 Å². The summed E-state index contributed by atoms with van der Waals surface area (Å²) < 4.78 is 65.1. The second kappa shape index (κ2) is 13.0. The highest BCUT2D eigenvalue weighted by Gasteiger charge is 2.12. The van der Waals surface area contributed by atoms with Gasteiger partial charge in [0, 0.05) is 39.8 Å². The van der Waals surface area contributed by atoms with E-state index in [1.54, 1.807) is 16.8 Å². The number of ether oxygens (including phenoxy) is 1. The van der Waals surface area contributed by atoms with Gasteiger partial charge in [-0.1, -0.05) is 13.8 Å². The van der Waals surface area contributed by atoms with Gasteiger partial charge in [-0.2, -0.15) is 16.8 Å². The van der Waals surface area contributed by atoms with Gasteiger partial charge in [-0.25, -0.2) is 0 Å². The third kappa shape index (κ3) is 19.7. The maximum absolute atomic E-state index is 10.8. The van der Waals surface area contributed by atoms with Crippen LogP contribution in [0.4, 0.5) is 0 Å². The van der Waals surface area contributed by atoms with E-state index in [1.807, 2.05) is 13.8 Å². The van der Waals surface area contributed by atoms with Crippen molar-refractivity contribution in [3.63, 3.8) is 0 Å². The standard InChI is InChI=1S/C10H24N2O7S2.C2H6/c1-11(6-9-20(13,14)15)3-4-12(5-8-19-2)7-10-21(16,17)18;1-2/h3-10H2,1-2H3,(H,13,14,15)(H,16,17,18);1-2H3. The van der Waals surface area contributed by atoms with Gasteiger partial charge in [0.25, 0.3) is 20.2 Å². The zero-order chi connectivity index (χ0) is 18.5. The molecule has 142 valence electrons. The van der Waals surface area contributed by atoms with E-state index in [4.69, 9.17) is 13.8 Å². The highest BCUT2D eigenvalue weighted by Crippen LogP contribution is 1.95. The monoisotopic (exact) mass is 378 g/mol. The summed E-state index contributed by atoms with van der Waals surface area (Å²) in [6.07, 6.45) is 0. The quantitative estimate of drug-likeness (QED) is 0.439. The minimum atomic E-state index is -4.02. The molecule has 0 aliphatic heterocycles. The van der Waals surface area contributed by atoms with Gasteiger partial charge in [0.05, 0.1) is 18.1 Å². The van der Waals surface area contributed by atoms with Crippen LogP contribution in [0.5, 0.6) is 0 Å². The number of hydrogen-bond acceptors (Lipinski definition) is 7. The second-order valence-electron chi connectivity index (χ2n) is 4.71. The molecule has 9 nitrogen and oxygen atoms in total. The fourth-order valence-corrected chi connectivity index (χ4v) is 2.53. The molecule has 0 rings (SSSR count). The zero-order valence-electron chi connectivity index (χ0n) is 14.3. The first-order valence-corrected chi connectivity index (χ1v) is 10.6. The van der Waals surface area contributed by atoms with Gasteiger partial charge in [-0.15, -0.1) is 0 Å². The van der Waals surface area contributed by atoms with Gasteiger partial charge >= 0.3 is 0 Å². The van der Waals surface area contributed by atoms with Crippen molar-refractivity contribution in [1.82, 2.24) is 9.80 Å². The van der Waals surface area contributed by atoms with Gasteiger partial charge in [0.1, 0.15) is 0 Å². The van der Waals surface area contributed by atoms with E-state index in [2.05, 4.69) is 0 Å². The highest BCUT2D eigenvalue weighted by atomic mass is 32.2. The number of rotatable bonds is 12. The Morgan fingerprint density at radius 1 is 0.826 bits per heavy atom. The molecule has 0 saturated heterocycles. The summed E-state index contributed by atoms with van der Waals surface area (Å²) in [5.41, 5.74) is 0. The van der Waals surface area contributed by atoms with Crippen LogP contribution in [0.2, 0.25) is 0 Å². The van der Waals surface area contributed by atoms with Gasteiger partial charge < -0.3 is 9.64 Å². The van der Waals surface area contributed by atoms with Crippen LogP contribution in [0.15, 0.2) is 0 Å². The van der Waals surface area contributed by atoms with Crippen LogP contribution in [-0.4, -0.2) is 101 Å². The fourth-order valence-electron chi connectivity index (χ4n) is 1.50. The molecule has 0 atom stereocenters.